The molecule has 0 aromatic heterocycles. The first-order valence-corrected chi connectivity index (χ1v) is 7.74. The molecule has 1 aromatic rings. The Kier molecular flexibility index (Phi) is 4.75. The Hall–Kier alpha value is -0.670. The summed E-state index contributed by atoms with van der Waals surface area (Å²) >= 11 is 0. The Labute approximate surface area is 106 Å². The van der Waals surface area contributed by atoms with E-state index in [9.17, 15) is 4.21 Å². The summed E-state index contributed by atoms with van der Waals surface area (Å²) in [4.78, 5) is 0.964. The first kappa shape index (κ1) is 12.8. The minimum Gasteiger partial charge on any atom is -0.317 e. The highest BCUT2D eigenvalue weighted by molar-refractivity contribution is 7.85. The average molecular weight is 251 g/mol. The van der Waals surface area contributed by atoms with Gasteiger partial charge in [0.2, 0.25) is 0 Å². The maximum absolute atomic E-state index is 12.1. The summed E-state index contributed by atoms with van der Waals surface area (Å²) < 4.78 is 12.1. The second-order valence-electron chi connectivity index (χ2n) is 4.74. The second kappa shape index (κ2) is 6.31. The molecule has 0 bridgehead atoms. The van der Waals surface area contributed by atoms with Gasteiger partial charge in [-0.2, -0.15) is 0 Å². The van der Waals surface area contributed by atoms with Crippen LogP contribution in [0.2, 0.25) is 0 Å². The van der Waals surface area contributed by atoms with Gasteiger partial charge in [0.1, 0.15) is 0 Å². The average Bonchev–Trinajstić information content (AvgIpc) is 2.84. The summed E-state index contributed by atoms with van der Waals surface area (Å²) in [5.41, 5.74) is 0. The van der Waals surface area contributed by atoms with Crippen LogP contribution < -0.4 is 5.32 Å². The fourth-order valence-electron chi connectivity index (χ4n) is 2.71. The van der Waals surface area contributed by atoms with Gasteiger partial charge in [0.05, 0.1) is 10.8 Å². The molecule has 2 rings (SSSR count). The molecule has 1 aliphatic carbocycles. The van der Waals surface area contributed by atoms with Gasteiger partial charge in [0.25, 0.3) is 0 Å². The van der Waals surface area contributed by atoms with Crippen LogP contribution in [0.15, 0.2) is 35.2 Å². The molecule has 3 unspecified atom stereocenters. The van der Waals surface area contributed by atoms with Crippen LogP contribution in [0, 0.1) is 5.92 Å². The highest BCUT2D eigenvalue weighted by Crippen LogP contribution is 2.28. The van der Waals surface area contributed by atoms with Crippen LogP contribution >= 0.6 is 0 Å². The smallest absolute Gasteiger partial charge is 0.0529 e. The van der Waals surface area contributed by atoms with Crippen molar-refractivity contribution in [1.29, 1.82) is 0 Å². The lowest BCUT2D eigenvalue weighted by molar-refractivity contribution is 0.416. The standard InChI is InChI=1S/C14H21NOS/c1-15-14-9-5-6-12(14)10-11-17(16)13-7-3-2-4-8-13/h2-4,7-8,12,14-15H,5-6,9-11H2,1H3. The van der Waals surface area contributed by atoms with E-state index >= 15 is 0 Å². The zero-order valence-electron chi connectivity index (χ0n) is 10.4. The molecule has 0 amide bonds. The zero-order valence-corrected chi connectivity index (χ0v) is 11.2. The van der Waals surface area contributed by atoms with Gasteiger partial charge in [-0.05, 0) is 44.4 Å². The third kappa shape index (κ3) is 3.39. The van der Waals surface area contributed by atoms with E-state index in [1.165, 1.54) is 19.3 Å². The quantitative estimate of drug-likeness (QED) is 0.871. The summed E-state index contributed by atoms with van der Waals surface area (Å²) in [5.74, 6) is 1.51. The van der Waals surface area contributed by atoms with Gasteiger partial charge in [0.15, 0.2) is 0 Å². The summed E-state index contributed by atoms with van der Waals surface area (Å²) in [6.07, 6.45) is 4.96. The molecule has 1 aliphatic rings. The topological polar surface area (TPSA) is 29.1 Å². The van der Waals surface area contributed by atoms with E-state index in [2.05, 4.69) is 5.32 Å². The third-order valence-electron chi connectivity index (χ3n) is 3.71. The van der Waals surface area contributed by atoms with Gasteiger partial charge < -0.3 is 5.32 Å². The van der Waals surface area contributed by atoms with Crippen LogP contribution in [0.1, 0.15) is 25.7 Å². The third-order valence-corrected chi connectivity index (χ3v) is 5.11. The van der Waals surface area contributed by atoms with E-state index in [0.717, 1.165) is 17.1 Å². The minimum atomic E-state index is -0.824. The van der Waals surface area contributed by atoms with Gasteiger partial charge in [-0.25, -0.2) is 0 Å². The molecular weight excluding hydrogens is 230 g/mol. The Bertz CT molecular complexity index is 366. The highest BCUT2D eigenvalue weighted by atomic mass is 32.2. The molecule has 1 fully saturated rings. The zero-order chi connectivity index (χ0) is 12.1. The van der Waals surface area contributed by atoms with Crippen molar-refractivity contribution in [3.63, 3.8) is 0 Å². The fourth-order valence-corrected chi connectivity index (χ4v) is 3.92. The lowest BCUT2D eigenvalue weighted by Gasteiger charge is -2.18. The summed E-state index contributed by atoms with van der Waals surface area (Å²) in [5, 5.41) is 3.38. The molecule has 1 saturated carbocycles. The molecule has 3 atom stereocenters. The van der Waals surface area contributed by atoms with Crippen LogP contribution in [-0.4, -0.2) is 23.1 Å². The number of benzene rings is 1. The first-order valence-electron chi connectivity index (χ1n) is 6.42. The number of hydrogen-bond donors (Lipinski definition) is 1. The van der Waals surface area contributed by atoms with Crippen molar-refractivity contribution in [1.82, 2.24) is 5.32 Å². The van der Waals surface area contributed by atoms with Gasteiger partial charge in [-0.3, -0.25) is 4.21 Å². The van der Waals surface area contributed by atoms with E-state index in [1.807, 2.05) is 37.4 Å². The van der Waals surface area contributed by atoms with E-state index in [-0.39, 0.29) is 0 Å². The van der Waals surface area contributed by atoms with Crippen LogP contribution in [0.5, 0.6) is 0 Å². The van der Waals surface area contributed by atoms with Gasteiger partial charge in [-0.15, -0.1) is 0 Å². The number of rotatable bonds is 5. The van der Waals surface area contributed by atoms with Crippen LogP contribution in [0.25, 0.3) is 0 Å². The number of nitrogens with one attached hydrogen (secondary N) is 1. The summed E-state index contributed by atoms with van der Waals surface area (Å²) in [6, 6.07) is 10.4. The van der Waals surface area contributed by atoms with Crippen molar-refractivity contribution in [2.24, 2.45) is 5.92 Å². The largest absolute Gasteiger partial charge is 0.317 e. The molecule has 0 heterocycles. The molecule has 94 valence electrons. The van der Waals surface area contributed by atoms with Crippen LogP contribution in [0.4, 0.5) is 0 Å². The summed E-state index contributed by atoms with van der Waals surface area (Å²) in [7, 11) is 1.21. The van der Waals surface area contributed by atoms with Crippen molar-refractivity contribution in [2.75, 3.05) is 12.8 Å². The monoisotopic (exact) mass is 251 g/mol. The lowest BCUT2D eigenvalue weighted by atomic mass is 10.0. The van der Waals surface area contributed by atoms with Crippen molar-refractivity contribution in [3.8, 4) is 0 Å². The molecule has 3 heteroatoms. The predicted molar refractivity (Wildman–Crippen MR) is 72.5 cm³/mol. The molecule has 17 heavy (non-hydrogen) atoms. The van der Waals surface area contributed by atoms with Crippen LogP contribution in [-0.2, 0) is 10.8 Å². The van der Waals surface area contributed by atoms with E-state index < -0.39 is 10.8 Å². The number of hydrogen-bond acceptors (Lipinski definition) is 2. The normalized spacial score (nSPS) is 25.9. The second-order valence-corrected chi connectivity index (χ2v) is 6.31. The Balaban J connectivity index is 1.84. The Morgan fingerprint density at radius 3 is 2.76 bits per heavy atom. The van der Waals surface area contributed by atoms with Crippen molar-refractivity contribution in [2.45, 2.75) is 36.6 Å². The van der Waals surface area contributed by atoms with Gasteiger partial charge >= 0.3 is 0 Å². The van der Waals surface area contributed by atoms with Crippen molar-refractivity contribution < 1.29 is 4.21 Å². The molecule has 1 N–H and O–H groups in total. The maximum atomic E-state index is 12.1. The Morgan fingerprint density at radius 1 is 1.29 bits per heavy atom. The molecule has 0 radical (unpaired) electrons. The lowest BCUT2D eigenvalue weighted by Crippen LogP contribution is -2.29. The molecule has 0 aliphatic heterocycles. The molecule has 1 aromatic carbocycles. The highest BCUT2D eigenvalue weighted by Gasteiger charge is 2.25. The fraction of sp³-hybridized carbons (Fsp3) is 0.571. The minimum absolute atomic E-state index is 0.641. The molecule has 2 nitrogen and oxygen atoms in total. The van der Waals surface area contributed by atoms with E-state index in [0.29, 0.717) is 12.0 Å². The maximum Gasteiger partial charge on any atom is 0.0529 e. The van der Waals surface area contributed by atoms with Crippen molar-refractivity contribution in [3.05, 3.63) is 30.3 Å². The summed E-state index contributed by atoms with van der Waals surface area (Å²) in [6.45, 7) is 0. The molecule has 0 saturated heterocycles. The molecule has 0 spiro atoms. The Morgan fingerprint density at radius 2 is 2.06 bits per heavy atom. The van der Waals surface area contributed by atoms with Crippen LogP contribution in [0.3, 0.4) is 0 Å². The first-order chi connectivity index (χ1) is 8.31. The van der Waals surface area contributed by atoms with Gasteiger partial charge in [0, 0.05) is 16.7 Å². The van der Waals surface area contributed by atoms with E-state index in [4.69, 9.17) is 0 Å². The van der Waals surface area contributed by atoms with E-state index in [1.54, 1.807) is 0 Å². The molecular formula is C14H21NOS. The van der Waals surface area contributed by atoms with Gasteiger partial charge in [-0.1, -0.05) is 24.6 Å². The van der Waals surface area contributed by atoms with Crippen molar-refractivity contribution >= 4 is 10.8 Å². The predicted octanol–water partition coefficient (Wildman–Crippen LogP) is 2.57. The SMILES string of the molecule is CNC1CCCC1CCS(=O)c1ccccc1.